The number of aliphatic carboxylic acids is 2. The second-order valence-corrected chi connectivity index (χ2v) is 0.983. The number of halogens is 1. The maximum absolute atomic E-state index is 8.89. The number of hydrogen-bond acceptors (Lipinski definition) is 4. The summed E-state index contributed by atoms with van der Waals surface area (Å²) in [6.07, 6.45) is 0. The van der Waals surface area contributed by atoms with Crippen molar-refractivity contribution in [2.45, 2.75) is 13.8 Å². The molecule has 66 valence electrons. The monoisotopic (exact) mass is 354 g/mol. The topological polar surface area (TPSA) is 80.3 Å². The van der Waals surface area contributed by atoms with Crippen LogP contribution in [-0.2, 0) is 32.0 Å². The van der Waals surface area contributed by atoms with Crippen LogP contribution in [0.25, 0.3) is 0 Å². The third kappa shape index (κ3) is 2740. The molecule has 0 atom stereocenters. The third-order valence-electron chi connectivity index (χ3n) is 0. The molecule has 0 radical (unpaired) electrons. The number of carboxylic acid groups (broad SMARTS) is 2. The summed E-state index contributed by atoms with van der Waals surface area (Å²) >= 11 is 0. The Morgan fingerprint density at radius 1 is 1.00 bits per heavy atom. The van der Waals surface area contributed by atoms with Crippen molar-refractivity contribution >= 4 is 11.9 Å². The first-order chi connectivity index (χ1) is 3.46. The van der Waals surface area contributed by atoms with Crippen LogP contribution < -0.4 is 34.2 Å². The van der Waals surface area contributed by atoms with E-state index in [1.165, 1.54) is 0 Å². The van der Waals surface area contributed by atoms with Crippen molar-refractivity contribution in [3.8, 4) is 0 Å². The van der Waals surface area contributed by atoms with Crippen molar-refractivity contribution in [1.29, 1.82) is 0 Å². The van der Waals surface area contributed by atoms with Gasteiger partial charge >= 0.3 is 22.4 Å². The van der Waals surface area contributed by atoms with Gasteiger partial charge in [0.1, 0.15) is 0 Å². The van der Waals surface area contributed by atoms with Gasteiger partial charge < -0.3 is 19.8 Å². The molecular formula is C4H8AgIO4. The van der Waals surface area contributed by atoms with Gasteiger partial charge in [0.25, 0.3) is 0 Å². The van der Waals surface area contributed by atoms with E-state index >= 15 is 0 Å². The van der Waals surface area contributed by atoms with Gasteiger partial charge in [-0.2, -0.15) is 0 Å². The van der Waals surface area contributed by atoms with Gasteiger partial charge in [0.2, 0.25) is 24.0 Å². The normalized spacial score (nSPS) is 5.00. The number of carbonyl (C=O) groups is 2. The Morgan fingerprint density at radius 2 is 1.00 bits per heavy atom. The van der Waals surface area contributed by atoms with Gasteiger partial charge in [-0.1, -0.05) is 0 Å². The molecule has 0 aliphatic carbocycles. The predicted molar refractivity (Wildman–Crippen MR) is 24.2 cm³/mol. The van der Waals surface area contributed by atoms with Gasteiger partial charge in [-0.15, -0.1) is 0 Å². The van der Waals surface area contributed by atoms with Crippen molar-refractivity contribution in [2.75, 3.05) is 0 Å². The molecule has 0 aliphatic heterocycles. The van der Waals surface area contributed by atoms with Crippen LogP contribution in [0, 0.1) is 0 Å². The van der Waals surface area contributed by atoms with Gasteiger partial charge in [0.05, 0.1) is 0 Å². The van der Waals surface area contributed by atoms with Crippen molar-refractivity contribution < 1.29 is 66.2 Å². The van der Waals surface area contributed by atoms with E-state index in [0.29, 0.717) is 0 Å². The summed E-state index contributed by atoms with van der Waals surface area (Å²) in [5.74, 6) is -2.17. The molecule has 4 nitrogen and oxygen atoms in total. The molecule has 6 heteroatoms. The number of carboxylic acids is 2. The number of carbonyl (C=O) groups excluding carboxylic acids is 2. The molecule has 0 heterocycles. The van der Waals surface area contributed by atoms with Crippen LogP contribution in [0.15, 0.2) is 0 Å². The molecule has 0 bridgehead atoms. The van der Waals surface area contributed by atoms with Crippen LogP contribution in [0.5, 0.6) is 0 Å². The summed E-state index contributed by atoms with van der Waals surface area (Å²) in [6.45, 7) is 1.94. The molecule has 0 unspecified atom stereocenters. The van der Waals surface area contributed by atoms with E-state index in [-0.39, 0.29) is 46.4 Å². The fourth-order valence-electron chi connectivity index (χ4n) is 0. The molecule has 0 aromatic heterocycles. The molecule has 0 aromatic rings. The van der Waals surface area contributed by atoms with Gasteiger partial charge in [-0.25, -0.2) is 0 Å². The minimum absolute atomic E-state index is 0. The van der Waals surface area contributed by atoms with E-state index in [9.17, 15) is 0 Å². The SMILES string of the molecule is CC(=O)[O-].CC(=O)[O-].[Ag+].[IH2+]. The van der Waals surface area contributed by atoms with E-state index in [1.54, 1.807) is 0 Å². The molecule has 0 N–H and O–H groups in total. The maximum Gasteiger partial charge on any atom is 1.00 e. The van der Waals surface area contributed by atoms with Crippen LogP contribution in [0.4, 0.5) is 0 Å². The van der Waals surface area contributed by atoms with Crippen molar-refractivity contribution in [3.63, 3.8) is 0 Å². The Balaban J connectivity index is -0.0000000300. The predicted octanol–water partition coefficient (Wildman–Crippen LogP) is -6.02. The maximum atomic E-state index is 8.89. The molecule has 0 saturated heterocycles. The summed E-state index contributed by atoms with van der Waals surface area (Å²) in [7, 11) is 0. The summed E-state index contributed by atoms with van der Waals surface area (Å²) < 4.78 is 0. The van der Waals surface area contributed by atoms with Crippen LogP contribution in [-0.4, -0.2) is 11.9 Å². The van der Waals surface area contributed by atoms with Crippen LogP contribution in [0.3, 0.4) is 0 Å². The van der Waals surface area contributed by atoms with Crippen LogP contribution in [0.1, 0.15) is 13.8 Å². The first kappa shape index (κ1) is 22.4. The Bertz CT molecular complexity index is 75.3. The Hall–Kier alpha value is 0.410. The summed E-state index contributed by atoms with van der Waals surface area (Å²) in [4.78, 5) is 17.8. The molecule has 0 rings (SSSR count). The van der Waals surface area contributed by atoms with Gasteiger partial charge in [-0.05, 0) is 13.8 Å². The van der Waals surface area contributed by atoms with Gasteiger partial charge in [0.15, 0.2) is 0 Å². The van der Waals surface area contributed by atoms with E-state index in [4.69, 9.17) is 19.8 Å². The minimum Gasteiger partial charge on any atom is -0.550 e. The Kier molecular flexibility index (Phi) is 36.3. The summed E-state index contributed by atoms with van der Waals surface area (Å²) in [5.41, 5.74) is 0. The summed E-state index contributed by atoms with van der Waals surface area (Å²) in [5, 5.41) is 17.8. The zero-order chi connectivity index (χ0) is 7.15. The number of hydrogen-bond donors (Lipinski definition) is 0. The average Bonchev–Trinajstić information content (AvgIpc) is 1.25. The first-order valence-electron chi connectivity index (χ1n) is 1.82. The van der Waals surface area contributed by atoms with Crippen molar-refractivity contribution in [3.05, 3.63) is 0 Å². The van der Waals surface area contributed by atoms with E-state index in [2.05, 4.69) is 0 Å². The van der Waals surface area contributed by atoms with Crippen molar-refractivity contribution in [2.24, 2.45) is 0 Å². The molecule has 10 heavy (non-hydrogen) atoms. The molecule has 0 aromatic carbocycles. The Morgan fingerprint density at radius 3 is 1.00 bits per heavy atom. The standard InChI is InChI=1S/2C2H4O2.Ag.H2I/c2*1-2(3)4;;/h2*1H3,(H,3,4);;1H2/q;;2*+1/p-2. The molecule has 0 saturated carbocycles. The van der Waals surface area contributed by atoms with Crippen LogP contribution in [0.2, 0.25) is 0 Å². The summed E-state index contributed by atoms with van der Waals surface area (Å²) in [6, 6.07) is 0. The second-order valence-electron chi connectivity index (χ2n) is 0.983. The zero-order valence-electron chi connectivity index (χ0n) is 5.38. The van der Waals surface area contributed by atoms with Crippen LogP contribution >= 0.6 is 0 Å². The smallest absolute Gasteiger partial charge is 0.550 e. The molecule has 0 spiro atoms. The molecule has 0 amide bonds. The minimum atomic E-state index is -1.08. The van der Waals surface area contributed by atoms with Crippen molar-refractivity contribution in [1.82, 2.24) is 0 Å². The number of rotatable bonds is 0. The fourth-order valence-corrected chi connectivity index (χ4v) is 0. The fraction of sp³-hybridized carbons (Fsp3) is 0.500. The average molecular weight is 355 g/mol. The van der Waals surface area contributed by atoms with E-state index in [1.807, 2.05) is 0 Å². The van der Waals surface area contributed by atoms with Gasteiger partial charge in [0, 0.05) is 11.9 Å². The van der Waals surface area contributed by atoms with E-state index in [0.717, 1.165) is 13.8 Å². The quantitative estimate of drug-likeness (QED) is 0.320. The Labute approximate surface area is 91.5 Å². The zero-order valence-corrected chi connectivity index (χ0v) is 9.42. The molecule has 0 fully saturated rings. The second kappa shape index (κ2) is 16.2. The molecule has 0 aliphatic rings. The third-order valence-corrected chi connectivity index (χ3v) is 0. The van der Waals surface area contributed by atoms with E-state index < -0.39 is 11.9 Å². The molecular weight excluding hydrogens is 347 g/mol. The van der Waals surface area contributed by atoms with Gasteiger partial charge in [-0.3, -0.25) is 0 Å². The largest absolute Gasteiger partial charge is 1.00 e. The first-order valence-corrected chi connectivity index (χ1v) is 1.82.